The largest absolute Gasteiger partial charge is 0.481 e. The van der Waals surface area contributed by atoms with Gasteiger partial charge in [-0.15, -0.1) is 0 Å². The summed E-state index contributed by atoms with van der Waals surface area (Å²) in [4.78, 5) is 21.5. The van der Waals surface area contributed by atoms with Crippen LogP contribution in [0.4, 0.5) is 0 Å². The summed E-state index contributed by atoms with van der Waals surface area (Å²) in [5.41, 5.74) is 0. The van der Waals surface area contributed by atoms with E-state index >= 15 is 0 Å². The maximum Gasteiger partial charge on any atom is 0.307 e. The molecule has 0 bridgehead atoms. The first-order chi connectivity index (χ1) is 6.13. The first-order valence-corrected chi connectivity index (χ1v) is 4.58. The molecule has 4 heteroatoms. The van der Waals surface area contributed by atoms with Crippen molar-refractivity contribution >= 4 is 11.9 Å². The van der Waals surface area contributed by atoms with Gasteiger partial charge in [0.15, 0.2) is 0 Å². The van der Waals surface area contributed by atoms with E-state index in [1.165, 1.54) is 0 Å². The number of hydrogen-bond acceptors (Lipinski definition) is 2. The molecule has 1 fully saturated rings. The average Bonchev–Trinajstić information content (AvgIpc) is 2.27. The molecule has 0 aromatic carbocycles. The van der Waals surface area contributed by atoms with E-state index in [0.29, 0.717) is 12.8 Å². The molecule has 0 aromatic heterocycles. The lowest BCUT2D eigenvalue weighted by Crippen LogP contribution is -2.28. The maximum absolute atomic E-state index is 10.8. The maximum atomic E-state index is 10.8. The fourth-order valence-electron chi connectivity index (χ4n) is 1.90. The topological polar surface area (TPSA) is 74.6 Å². The van der Waals surface area contributed by atoms with Crippen LogP contribution in [0.2, 0.25) is 0 Å². The van der Waals surface area contributed by atoms with Gasteiger partial charge in [0.2, 0.25) is 0 Å². The zero-order valence-corrected chi connectivity index (χ0v) is 7.40. The van der Waals surface area contributed by atoms with Crippen molar-refractivity contribution in [2.24, 2.45) is 11.8 Å². The Bertz CT molecular complexity index is 190. The van der Waals surface area contributed by atoms with Crippen LogP contribution in [0.5, 0.6) is 0 Å². The molecule has 1 aliphatic carbocycles. The quantitative estimate of drug-likeness (QED) is 0.638. The zero-order valence-electron chi connectivity index (χ0n) is 7.40. The Kier molecular flexibility index (Phi) is 3.28. The van der Waals surface area contributed by atoms with Gasteiger partial charge in [0.05, 0.1) is 11.8 Å². The third kappa shape index (κ3) is 2.44. The van der Waals surface area contributed by atoms with Gasteiger partial charge in [-0.1, -0.05) is 19.3 Å². The average molecular weight is 186 g/mol. The number of rotatable bonds is 2. The van der Waals surface area contributed by atoms with Gasteiger partial charge in [-0.3, -0.25) is 9.59 Å². The SMILES string of the molecule is O=C(O)[C@@H]1CCCCC[C@H]1C(=O)O. The molecule has 0 spiro atoms. The zero-order chi connectivity index (χ0) is 9.84. The third-order valence-corrected chi connectivity index (χ3v) is 2.65. The predicted octanol–water partition coefficient (Wildman–Crippen LogP) is 1.35. The van der Waals surface area contributed by atoms with Crippen molar-refractivity contribution in [3.63, 3.8) is 0 Å². The van der Waals surface area contributed by atoms with Gasteiger partial charge in [0.25, 0.3) is 0 Å². The molecule has 0 aliphatic heterocycles. The fraction of sp³-hybridized carbons (Fsp3) is 0.778. The van der Waals surface area contributed by atoms with Gasteiger partial charge in [0, 0.05) is 0 Å². The van der Waals surface area contributed by atoms with Crippen molar-refractivity contribution in [1.29, 1.82) is 0 Å². The summed E-state index contributed by atoms with van der Waals surface area (Å²) in [6.07, 6.45) is 3.63. The predicted molar refractivity (Wildman–Crippen MR) is 45.3 cm³/mol. The summed E-state index contributed by atoms with van der Waals surface area (Å²) in [5.74, 6) is -3.29. The lowest BCUT2D eigenvalue weighted by atomic mass is 9.88. The Morgan fingerprint density at radius 2 is 1.23 bits per heavy atom. The fourth-order valence-corrected chi connectivity index (χ4v) is 1.90. The molecule has 4 nitrogen and oxygen atoms in total. The molecular weight excluding hydrogens is 172 g/mol. The first kappa shape index (κ1) is 10.0. The second-order valence-corrected chi connectivity index (χ2v) is 3.53. The highest BCUT2D eigenvalue weighted by molar-refractivity contribution is 5.79. The molecule has 2 N–H and O–H groups in total. The van der Waals surface area contributed by atoms with Crippen molar-refractivity contribution in [3.05, 3.63) is 0 Å². The summed E-state index contributed by atoms with van der Waals surface area (Å²) in [7, 11) is 0. The normalized spacial score (nSPS) is 29.2. The third-order valence-electron chi connectivity index (χ3n) is 2.65. The van der Waals surface area contributed by atoms with Gasteiger partial charge in [-0.2, -0.15) is 0 Å². The minimum Gasteiger partial charge on any atom is -0.481 e. The minimum absolute atomic E-state index is 0.506. The molecule has 0 aromatic rings. The van der Waals surface area contributed by atoms with Crippen LogP contribution in [-0.2, 0) is 9.59 Å². The monoisotopic (exact) mass is 186 g/mol. The van der Waals surface area contributed by atoms with E-state index in [4.69, 9.17) is 10.2 Å². The van der Waals surface area contributed by atoms with Gasteiger partial charge in [0.1, 0.15) is 0 Å². The van der Waals surface area contributed by atoms with Crippen molar-refractivity contribution in [1.82, 2.24) is 0 Å². The molecule has 1 saturated carbocycles. The number of carboxylic acid groups (broad SMARTS) is 2. The summed E-state index contributed by atoms with van der Waals surface area (Å²) in [5, 5.41) is 17.6. The van der Waals surface area contributed by atoms with Crippen molar-refractivity contribution in [2.75, 3.05) is 0 Å². The molecule has 1 aliphatic rings. The number of hydrogen-bond donors (Lipinski definition) is 2. The van der Waals surface area contributed by atoms with Gasteiger partial charge in [-0.05, 0) is 12.8 Å². The van der Waals surface area contributed by atoms with Crippen LogP contribution in [-0.4, -0.2) is 22.2 Å². The highest BCUT2D eigenvalue weighted by Crippen LogP contribution is 2.29. The van der Waals surface area contributed by atoms with E-state index < -0.39 is 23.8 Å². The summed E-state index contributed by atoms with van der Waals surface area (Å²) in [6, 6.07) is 0. The van der Waals surface area contributed by atoms with Crippen LogP contribution in [0.1, 0.15) is 32.1 Å². The first-order valence-electron chi connectivity index (χ1n) is 4.58. The van der Waals surface area contributed by atoms with E-state index in [1.807, 2.05) is 0 Å². The van der Waals surface area contributed by atoms with Crippen LogP contribution in [0.3, 0.4) is 0 Å². The Hall–Kier alpha value is -1.06. The molecule has 0 saturated heterocycles. The molecular formula is C9H14O4. The van der Waals surface area contributed by atoms with E-state index in [1.54, 1.807) is 0 Å². The van der Waals surface area contributed by atoms with Crippen molar-refractivity contribution in [2.45, 2.75) is 32.1 Å². The number of carboxylic acids is 2. The van der Waals surface area contributed by atoms with Crippen LogP contribution in [0.25, 0.3) is 0 Å². The smallest absolute Gasteiger partial charge is 0.307 e. The van der Waals surface area contributed by atoms with E-state index in [2.05, 4.69) is 0 Å². The van der Waals surface area contributed by atoms with E-state index in [-0.39, 0.29) is 0 Å². The Morgan fingerprint density at radius 3 is 1.54 bits per heavy atom. The van der Waals surface area contributed by atoms with Gasteiger partial charge >= 0.3 is 11.9 Å². The van der Waals surface area contributed by atoms with E-state index in [9.17, 15) is 9.59 Å². The van der Waals surface area contributed by atoms with Crippen LogP contribution < -0.4 is 0 Å². The number of carbonyl (C=O) groups is 2. The highest BCUT2D eigenvalue weighted by atomic mass is 16.4. The second kappa shape index (κ2) is 4.25. The Balaban J connectivity index is 2.72. The molecule has 0 heterocycles. The molecule has 13 heavy (non-hydrogen) atoms. The van der Waals surface area contributed by atoms with Crippen LogP contribution >= 0.6 is 0 Å². The molecule has 1 rings (SSSR count). The lowest BCUT2D eigenvalue weighted by molar-refractivity contribution is -0.154. The van der Waals surface area contributed by atoms with Gasteiger partial charge in [-0.25, -0.2) is 0 Å². The minimum atomic E-state index is -0.964. The van der Waals surface area contributed by atoms with Gasteiger partial charge < -0.3 is 10.2 Å². The summed E-state index contributed by atoms with van der Waals surface area (Å²) >= 11 is 0. The molecule has 0 radical (unpaired) electrons. The molecule has 0 unspecified atom stereocenters. The highest BCUT2D eigenvalue weighted by Gasteiger charge is 2.34. The number of aliphatic carboxylic acids is 2. The van der Waals surface area contributed by atoms with Crippen LogP contribution in [0.15, 0.2) is 0 Å². The second-order valence-electron chi connectivity index (χ2n) is 3.53. The Morgan fingerprint density at radius 1 is 0.846 bits per heavy atom. The van der Waals surface area contributed by atoms with E-state index in [0.717, 1.165) is 19.3 Å². The summed E-state index contributed by atoms with van der Waals surface area (Å²) < 4.78 is 0. The van der Waals surface area contributed by atoms with Crippen molar-refractivity contribution in [3.8, 4) is 0 Å². The standard InChI is InChI=1S/C9H14O4/c10-8(11)6-4-2-1-3-5-7(6)9(12)13/h6-7H,1-5H2,(H,10,11)(H,12,13)/t6-,7-/m1/s1. The Labute approximate surface area is 76.6 Å². The molecule has 0 amide bonds. The summed E-state index contributed by atoms with van der Waals surface area (Å²) in [6.45, 7) is 0. The molecule has 2 atom stereocenters. The van der Waals surface area contributed by atoms with Crippen molar-refractivity contribution < 1.29 is 19.8 Å². The van der Waals surface area contributed by atoms with Crippen LogP contribution in [0, 0.1) is 11.8 Å². The molecule has 74 valence electrons. The lowest BCUT2D eigenvalue weighted by Gasteiger charge is -2.16.